The lowest BCUT2D eigenvalue weighted by atomic mass is 9.93. The minimum absolute atomic E-state index is 0.267. The summed E-state index contributed by atoms with van der Waals surface area (Å²) in [6.07, 6.45) is 2.81. The zero-order valence-corrected chi connectivity index (χ0v) is 21.2. The van der Waals surface area contributed by atoms with E-state index in [2.05, 4.69) is 15.8 Å². The number of carbonyl (C=O) groups is 2. The Kier molecular flexibility index (Phi) is 7.95. The van der Waals surface area contributed by atoms with Crippen LogP contribution in [0.3, 0.4) is 0 Å². The summed E-state index contributed by atoms with van der Waals surface area (Å²) in [7, 11) is 3.18. The molecule has 0 unspecified atom stereocenters. The van der Waals surface area contributed by atoms with Crippen molar-refractivity contribution in [1.29, 1.82) is 0 Å². The van der Waals surface area contributed by atoms with E-state index < -0.39 is 0 Å². The molecule has 2 N–H and O–H groups in total. The molecule has 1 aliphatic carbocycles. The highest BCUT2D eigenvalue weighted by atomic mass is 35.5. The Labute approximate surface area is 214 Å². The monoisotopic (exact) mass is 509 g/mol. The van der Waals surface area contributed by atoms with Gasteiger partial charge in [-0.05, 0) is 62.1 Å². The fourth-order valence-corrected chi connectivity index (χ4v) is 4.44. The minimum atomic E-state index is -0.355. The number of amides is 2. The van der Waals surface area contributed by atoms with Crippen LogP contribution in [0.25, 0.3) is 0 Å². The van der Waals surface area contributed by atoms with Crippen LogP contribution in [0.4, 0.5) is 0 Å². The Morgan fingerprint density at radius 2 is 1.86 bits per heavy atom. The molecule has 0 aliphatic heterocycles. The van der Waals surface area contributed by atoms with E-state index in [0.717, 1.165) is 17.5 Å². The standard InChI is InChI=1S/C27H28ClN3O5/c1-16-24-20(30-31-26(32)18-6-4-7-19(28)15-18)8-5-9-22(24)36-25(16)27(33)29-13-12-17-10-11-21(34-2)23(14-17)35-3/h4,6-7,10-11,14-15H,5,8-9,12-13H2,1-3H3,(H,29,33)(H,31,32)/b30-20+. The molecule has 0 atom stereocenters. The van der Waals surface area contributed by atoms with Gasteiger partial charge >= 0.3 is 0 Å². The lowest BCUT2D eigenvalue weighted by Gasteiger charge is -2.13. The molecule has 1 aliphatic rings. The molecular formula is C27H28ClN3O5. The molecule has 0 fully saturated rings. The summed E-state index contributed by atoms with van der Waals surface area (Å²) in [5, 5.41) is 7.76. The van der Waals surface area contributed by atoms with Crippen molar-refractivity contribution in [3.8, 4) is 11.5 Å². The number of benzene rings is 2. The summed E-state index contributed by atoms with van der Waals surface area (Å²) in [6, 6.07) is 12.3. The second kappa shape index (κ2) is 11.3. The van der Waals surface area contributed by atoms with Crippen LogP contribution in [0.2, 0.25) is 5.02 Å². The fraction of sp³-hybridized carbons (Fsp3) is 0.296. The van der Waals surface area contributed by atoms with Crippen LogP contribution >= 0.6 is 11.6 Å². The molecule has 2 aromatic carbocycles. The van der Waals surface area contributed by atoms with Crippen LogP contribution < -0.4 is 20.2 Å². The normalized spacial score (nSPS) is 13.7. The maximum atomic E-state index is 12.9. The van der Waals surface area contributed by atoms with Gasteiger partial charge in [0, 0.05) is 34.7 Å². The number of carbonyl (C=O) groups excluding carboxylic acids is 2. The zero-order valence-electron chi connectivity index (χ0n) is 20.4. The van der Waals surface area contributed by atoms with Gasteiger partial charge in [0.25, 0.3) is 11.8 Å². The van der Waals surface area contributed by atoms with E-state index in [1.807, 2.05) is 25.1 Å². The molecule has 8 nitrogen and oxygen atoms in total. The second-order valence-corrected chi connectivity index (χ2v) is 8.85. The average Bonchev–Trinajstić information content (AvgIpc) is 3.24. The Morgan fingerprint density at radius 3 is 2.61 bits per heavy atom. The van der Waals surface area contributed by atoms with Gasteiger partial charge in [-0.1, -0.05) is 23.7 Å². The van der Waals surface area contributed by atoms with Crippen molar-refractivity contribution >= 4 is 29.1 Å². The quantitative estimate of drug-likeness (QED) is 0.428. The van der Waals surface area contributed by atoms with E-state index in [1.165, 1.54) is 0 Å². The van der Waals surface area contributed by atoms with Crippen LogP contribution in [0.15, 0.2) is 52.0 Å². The van der Waals surface area contributed by atoms with E-state index in [9.17, 15) is 9.59 Å². The first-order chi connectivity index (χ1) is 17.4. The Bertz CT molecular complexity index is 1310. The molecule has 1 heterocycles. The first-order valence-electron chi connectivity index (χ1n) is 11.7. The van der Waals surface area contributed by atoms with E-state index in [1.54, 1.807) is 38.5 Å². The number of halogens is 1. The number of nitrogens with one attached hydrogen (secondary N) is 2. The van der Waals surface area contributed by atoms with E-state index in [4.69, 9.17) is 25.5 Å². The number of aryl methyl sites for hydroxylation is 1. The number of hydrogen-bond donors (Lipinski definition) is 2. The van der Waals surface area contributed by atoms with Crippen molar-refractivity contribution in [2.24, 2.45) is 5.10 Å². The van der Waals surface area contributed by atoms with Crippen molar-refractivity contribution in [3.63, 3.8) is 0 Å². The lowest BCUT2D eigenvalue weighted by Crippen LogP contribution is -2.26. The van der Waals surface area contributed by atoms with Crippen LogP contribution in [-0.2, 0) is 12.8 Å². The third-order valence-electron chi connectivity index (χ3n) is 6.06. The summed E-state index contributed by atoms with van der Waals surface area (Å²) < 4.78 is 16.6. The molecule has 36 heavy (non-hydrogen) atoms. The highest BCUT2D eigenvalue weighted by Gasteiger charge is 2.28. The average molecular weight is 510 g/mol. The number of nitrogens with zero attached hydrogens (tertiary/aromatic N) is 1. The Balaban J connectivity index is 1.43. The number of fused-ring (bicyclic) bond motifs is 1. The molecule has 0 spiro atoms. The lowest BCUT2D eigenvalue weighted by molar-refractivity contribution is 0.0922. The molecule has 1 aromatic heterocycles. The molecule has 3 aromatic rings. The predicted octanol–water partition coefficient (Wildman–Crippen LogP) is 4.70. The van der Waals surface area contributed by atoms with Gasteiger partial charge in [-0.25, -0.2) is 5.43 Å². The third kappa shape index (κ3) is 5.54. The summed E-state index contributed by atoms with van der Waals surface area (Å²) in [4.78, 5) is 25.4. The summed E-state index contributed by atoms with van der Waals surface area (Å²) in [6.45, 7) is 2.26. The maximum absolute atomic E-state index is 12.9. The van der Waals surface area contributed by atoms with Crippen molar-refractivity contribution in [1.82, 2.24) is 10.7 Å². The smallest absolute Gasteiger partial charge is 0.287 e. The number of furan rings is 1. The highest BCUT2D eigenvalue weighted by molar-refractivity contribution is 6.31. The third-order valence-corrected chi connectivity index (χ3v) is 6.29. The number of hydrazone groups is 1. The van der Waals surface area contributed by atoms with E-state index >= 15 is 0 Å². The van der Waals surface area contributed by atoms with Crippen LogP contribution in [0.5, 0.6) is 11.5 Å². The highest BCUT2D eigenvalue weighted by Crippen LogP contribution is 2.30. The summed E-state index contributed by atoms with van der Waals surface area (Å²) in [5.74, 6) is 1.63. The largest absolute Gasteiger partial charge is 0.493 e. The molecule has 0 radical (unpaired) electrons. The van der Waals surface area contributed by atoms with Crippen LogP contribution in [0, 0.1) is 6.92 Å². The molecule has 2 amide bonds. The van der Waals surface area contributed by atoms with Gasteiger partial charge in [0.1, 0.15) is 5.76 Å². The first kappa shape index (κ1) is 25.3. The number of rotatable bonds is 8. The molecule has 188 valence electrons. The van der Waals surface area contributed by atoms with Crippen molar-refractivity contribution in [2.75, 3.05) is 20.8 Å². The zero-order chi connectivity index (χ0) is 25.7. The topological polar surface area (TPSA) is 102 Å². The number of methoxy groups -OCH3 is 2. The van der Waals surface area contributed by atoms with E-state index in [0.29, 0.717) is 64.9 Å². The second-order valence-electron chi connectivity index (χ2n) is 8.41. The Morgan fingerprint density at radius 1 is 1.06 bits per heavy atom. The van der Waals surface area contributed by atoms with Crippen LogP contribution in [-0.4, -0.2) is 38.3 Å². The SMILES string of the molecule is COc1ccc(CCNC(=O)c2oc3c(c2C)/C(=N/NC(=O)c2cccc(Cl)c2)CCC3)cc1OC. The van der Waals surface area contributed by atoms with E-state index in [-0.39, 0.29) is 17.6 Å². The van der Waals surface area contributed by atoms with Crippen LogP contribution in [0.1, 0.15) is 56.2 Å². The minimum Gasteiger partial charge on any atom is -0.493 e. The fourth-order valence-electron chi connectivity index (χ4n) is 4.25. The van der Waals surface area contributed by atoms with Gasteiger partial charge < -0.3 is 19.2 Å². The number of ether oxygens (including phenoxy) is 2. The van der Waals surface area contributed by atoms with Gasteiger partial charge in [0.15, 0.2) is 17.3 Å². The molecule has 0 bridgehead atoms. The predicted molar refractivity (Wildman–Crippen MR) is 137 cm³/mol. The van der Waals surface area contributed by atoms with Gasteiger partial charge in [-0.3, -0.25) is 9.59 Å². The molecule has 0 saturated carbocycles. The van der Waals surface area contributed by atoms with Crippen molar-refractivity contribution in [2.45, 2.75) is 32.6 Å². The van der Waals surface area contributed by atoms with Gasteiger partial charge in [0.2, 0.25) is 0 Å². The van der Waals surface area contributed by atoms with Crippen molar-refractivity contribution < 1.29 is 23.5 Å². The summed E-state index contributed by atoms with van der Waals surface area (Å²) in [5.41, 5.74) is 6.22. The van der Waals surface area contributed by atoms with Crippen molar-refractivity contribution in [3.05, 3.63) is 81.3 Å². The van der Waals surface area contributed by atoms with Gasteiger partial charge in [0.05, 0.1) is 19.9 Å². The summed E-state index contributed by atoms with van der Waals surface area (Å²) >= 11 is 5.98. The first-order valence-corrected chi connectivity index (χ1v) is 12.0. The molecular weight excluding hydrogens is 482 g/mol. The van der Waals surface area contributed by atoms with Gasteiger partial charge in [-0.2, -0.15) is 5.10 Å². The van der Waals surface area contributed by atoms with Gasteiger partial charge in [-0.15, -0.1) is 0 Å². The molecule has 4 rings (SSSR count). The molecule has 0 saturated heterocycles. The molecule has 9 heteroatoms. The number of hydrogen-bond acceptors (Lipinski definition) is 6. The Hall–Kier alpha value is -3.78. The maximum Gasteiger partial charge on any atom is 0.287 e.